The van der Waals surface area contributed by atoms with E-state index in [9.17, 15) is 0 Å². The summed E-state index contributed by atoms with van der Waals surface area (Å²) in [7, 11) is 0. The number of nitrogens with zero attached hydrogens (tertiary/aromatic N) is 2. The normalized spacial score (nSPS) is 15.8. The highest BCUT2D eigenvalue weighted by Gasteiger charge is 2.27. The number of nitrogens with one attached hydrogen (secondary N) is 2. The zero-order chi connectivity index (χ0) is 15.1. The van der Waals surface area contributed by atoms with Crippen molar-refractivity contribution in [3.8, 4) is 0 Å². The third-order valence-corrected chi connectivity index (χ3v) is 3.93. The molecule has 1 heterocycles. The molecule has 1 aromatic rings. The van der Waals surface area contributed by atoms with Gasteiger partial charge in [-0.2, -0.15) is 0 Å². The van der Waals surface area contributed by atoms with Gasteiger partial charge in [0.1, 0.15) is 17.5 Å². The van der Waals surface area contributed by atoms with E-state index in [1.165, 1.54) is 12.8 Å². The highest BCUT2D eigenvalue weighted by molar-refractivity contribution is 5.48. The Morgan fingerprint density at radius 2 is 1.95 bits per heavy atom. The molecule has 21 heavy (non-hydrogen) atoms. The van der Waals surface area contributed by atoms with E-state index >= 15 is 0 Å². The second-order valence-corrected chi connectivity index (χ2v) is 5.87. The summed E-state index contributed by atoms with van der Waals surface area (Å²) in [6.07, 6.45) is 5.40. The van der Waals surface area contributed by atoms with Crippen molar-refractivity contribution in [1.82, 2.24) is 9.97 Å². The molecule has 0 aliphatic heterocycles. The molecule has 3 N–H and O–H groups in total. The van der Waals surface area contributed by atoms with Crippen LogP contribution in [0.3, 0.4) is 0 Å². The number of rotatable bonds is 10. The molecule has 0 amide bonds. The minimum Gasteiger partial charge on any atom is -0.396 e. The maximum atomic E-state index is 9.07. The summed E-state index contributed by atoms with van der Waals surface area (Å²) in [5, 5.41) is 15.8. The van der Waals surface area contributed by atoms with Crippen molar-refractivity contribution in [3.63, 3.8) is 0 Å². The van der Waals surface area contributed by atoms with E-state index < -0.39 is 0 Å². The predicted molar refractivity (Wildman–Crippen MR) is 86.8 cm³/mol. The first-order chi connectivity index (χ1) is 10.3. The largest absolute Gasteiger partial charge is 0.396 e. The van der Waals surface area contributed by atoms with Gasteiger partial charge in [-0.05, 0) is 31.6 Å². The lowest BCUT2D eigenvalue weighted by Crippen LogP contribution is -2.16. The van der Waals surface area contributed by atoms with Crippen molar-refractivity contribution in [2.24, 2.45) is 5.92 Å². The van der Waals surface area contributed by atoms with E-state index in [-0.39, 0.29) is 6.61 Å². The van der Waals surface area contributed by atoms with Crippen LogP contribution in [0.5, 0.6) is 0 Å². The maximum absolute atomic E-state index is 9.07. The molecule has 0 spiro atoms. The maximum Gasteiger partial charge on any atom is 0.136 e. The summed E-state index contributed by atoms with van der Waals surface area (Å²) >= 11 is 0. The Labute approximate surface area is 127 Å². The summed E-state index contributed by atoms with van der Waals surface area (Å²) in [5.41, 5.74) is 0. The molecule has 118 valence electrons. The minimum atomic E-state index is 0.251. The average Bonchev–Trinajstić information content (AvgIpc) is 3.34. The fourth-order valence-electron chi connectivity index (χ4n) is 2.31. The molecule has 1 fully saturated rings. The van der Waals surface area contributed by atoms with E-state index in [1.54, 1.807) is 0 Å². The van der Waals surface area contributed by atoms with Gasteiger partial charge >= 0.3 is 0 Å². The van der Waals surface area contributed by atoms with Gasteiger partial charge in [-0.3, -0.25) is 0 Å². The lowest BCUT2D eigenvalue weighted by atomic mass is 10.0. The number of aliphatic hydroxyl groups is 1. The molecule has 0 saturated heterocycles. The van der Waals surface area contributed by atoms with Crippen molar-refractivity contribution >= 4 is 11.6 Å². The molecule has 0 aromatic carbocycles. The molecule has 0 radical (unpaired) electrons. The topological polar surface area (TPSA) is 70.1 Å². The Balaban J connectivity index is 2.01. The lowest BCUT2D eigenvalue weighted by Gasteiger charge is -2.16. The van der Waals surface area contributed by atoms with Crippen LogP contribution in [-0.2, 0) is 0 Å². The van der Waals surface area contributed by atoms with Crippen LogP contribution in [0.25, 0.3) is 0 Å². The molecule has 2 rings (SSSR count). The third kappa shape index (κ3) is 5.16. The van der Waals surface area contributed by atoms with Crippen molar-refractivity contribution < 1.29 is 5.11 Å². The van der Waals surface area contributed by atoms with Gasteiger partial charge in [0.25, 0.3) is 0 Å². The zero-order valence-corrected chi connectivity index (χ0v) is 13.2. The van der Waals surface area contributed by atoms with Crippen molar-refractivity contribution in [1.29, 1.82) is 0 Å². The number of aromatic nitrogens is 2. The van der Waals surface area contributed by atoms with Crippen molar-refractivity contribution in [3.05, 3.63) is 11.9 Å². The van der Waals surface area contributed by atoms with Gasteiger partial charge in [0.05, 0.1) is 0 Å². The highest BCUT2D eigenvalue weighted by atomic mass is 16.3. The third-order valence-electron chi connectivity index (χ3n) is 3.93. The number of anilines is 2. The first-order valence-corrected chi connectivity index (χ1v) is 8.24. The first-order valence-electron chi connectivity index (χ1n) is 8.24. The quantitative estimate of drug-likeness (QED) is 0.618. The van der Waals surface area contributed by atoms with Crippen LogP contribution in [0.1, 0.15) is 57.7 Å². The standard InChI is InChI=1S/C16H28N4O/c1-3-8-17-14-10-15(18-11-12(4-2)7-9-21)20-16(19-14)13-5-6-13/h10,12-13,21H,3-9,11H2,1-2H3,(H2,17,18,19,20). The van der Waals surface area contributed by atoms with Crippen LogP contribution in [0, 0.1) is 5.92 Å². The van der Waals surface area contributed by atoms with Gasteiger partial charge in [0, 0.05) is 31.7 Å². The Bertz CT molecular complexity index is 434. The Morgan fingerprint density at radius 3 is 2.52 bits per heavy atom. The lowest BCUT2D eigenvalue weighted by molar-refractivity contribution is 0.258. The Hall–Kier alpha value is -1.36. The van der Waals surface area contributed by atoms with Gasteiger partial charge in [0.2, 0.25) is 0 Å². The van der Waals surface area contributed by atoms with Crippen LogP contribution in [-0.4, -0.2) is 34.8 Å². The summed E-state index contributed by atoms with van der Waals surface area (Å²) in [6.45, 7) is 6.34. The average molecular weight is 292 g/mol. The van der Waals surface area contributed by atoms with E-state index in [2.05, 4.69) is 34.4 Å². The summed E-state index contributed by atoms with van der Waals surface area (Å²) in [6, 6.07) is 1.99. The van der Waals surface area contributed by atoms with Gasteiger partial charge in [-0.15, -0.1) is 0 Å². The predicted octanol–water partition coefficient (Wildman–Crippen LogP) is 3.00. The molecule has 1 saturated carbocycles. The van der Waals surface area contributed by atoms with E-state index in [1.807, 2.05) is 6.07 Å². The number of hydrogen-bond donors (Lipinski definition) is 3. The molecule has 1 aliphatic rings. The van der Waals surface area contributed by atoms with Gasteiger partial charge < -0.3 is 15.7 Å². The zero-order valence-electron chi connectivity index (χ0n) is 13.2. The molecular formula is C16H28N4O. The Morgan fingerprint density at radius 1 is 1.24 bits per heavy atom. The Kier molecular flexibility index (Phi) is 6.23. The van der Waals surface area contributed by atoms with Gasteiger partial charge in [-0.25, -0.2) is 9.97 Å². The number of hydrogen-bond acceptors (Lipinski definition) is 5. The van der Waals surface area contributed by atoms with Crippen LogP contribution >= 0.6 is 0 Å². The molecule has 1 atom stereocenters. The molecular weight excluding hydrogens is 264 g/mol. The van der Waals surface area contributed by atoms with E-state index in [0.717, 1.165) is 49.8 Å². The summed E-state index contributed by atoms with van der Waals surface area (Å²) in [4.78, 5) is 9.26. The van der Waals surface area contributed by atoms with Crippen LogP contribution in [0.2, 0.25) is 0 Å². The van der Waals surface area contributed by atoms with Gasteiger partial charge in [0.15, 0.2) is 0 Å². The second kappa shape index (κ2) is 8.17. The smallest absolute Gasteiger partial charge is 0.136 e. The SMILES string of the molecule is CCCNc1cc(NCC(CC)CCO)nc(C2CC2)n1. The van der Waals surface area contributed by atoms with Crippen LogP contribution in [0.4, 0.5) is 11.6 Å². The van der Waals surface area contributed by atoms with E-state index in [4.69, 9.17) is 5.11 Å². The molecule has 1 aromatic heterocycles. The van der Waals surface area contributed by atoms with Crippen molar-refractivity contribution in [2.75, 3.05) is 30.3 Å². The molecule has 5 heteroatoms. The fraction of sp³-hybridized carbons (Fsp3) is 0.750. The van der Waals surface area contributed by atoms with Crippen molar-refractivity contribution in [2.45, 2.75) is 51.9 Å². The molecule has 5 nitrogen and oxygen atoms in total. The second-order valence-electron chi connectivity index (χ2n) is 5.87. The fourth-order valence-corrected chi connectivity index (χ4v) is 2.31. The molecule has 0 bridgehead atoms. The van der Waals surface area contributed by atoms with Crippen LogP contribution in [0.15, 0.2) is 6.07 Å². The van der Waals surface area contributed by atoms with Crippen LogP contribution < -0.4 is 10.6 Å². The summed E-state index contributed by atoms with van der Waals surface area (Å²) in [5.74, 6) is 3.83. The van der Waals surface area contributed by atoms with E-state index in [0.29, 0.717) is 11.8 Å². The minimum absolute atomic E-state index is 0.251. The summed E-state index contributed by atoms with van der Waals surface area (Å²) < 4.78 is 0. The monoisotopic (exact) mass is 292 g/mol. The highest BCUT2D eigenvalue weighted by Crippen LogP contribution is 2.38. The number of aliphatic hydroxyl groups excluding tert-OH is 1. The molecule has 1 unspecified atom stereocenters. The van der Waals surface area contributed by atoms with Gasteiger partial charge in [-0.1, -0.05) is 20.3 Å². The first kappa shape index (κ1) is 16.0. The molecule has 1 aliphatic carbocycles.